The number of nitrogens with one attached hydrogen (secondary N) is 2. The Balaban J connectivity index is 1.91. The van der Waals surface area contributed by atoms with E-state index in [4.69, 9.17) is 0 Å². The third-order valence-corrected chi connectivity index (χ3v) is 4.16. The van der Waals surface area contributed by atoms with E-state index < -0.39 is 10.0 Å². The molecule has 1 aliphatic heterocycles. The monoisotopic (exact) mass is 324 g/mol. The second-order valence-electron chi connectivity index (χ2n) is 5.41. The standard InChI is InChI=1S/C15H24N4O2S/c1-22(20,21)18-10-9-16-15(19-11-5-6-12-19)17-13-14-7-3-2-4-8-14/h2-4,7-8,18H,5-6,9-13H2,1H3,(H,16,17). The molecular weight excluding hydrogens is 300 g/mol. The topological polar surface area (TPSA) is 73.8 Å². The van der Waals surface area contributed by atoms with Gasteiger partial charge in [0.2, 0.25) is 10.0 Å². The zero-order valence-corrected chi connectivity index (χ0v) is 13.8. The highest BCUT2D eigenvalue weighted by atomic mass is 32.2. The van der Waals surface area contributed by atoms with Gasteiger partial charge >= 0.3 is 0 Å². The Hall–Kier alpha value is -1.60. The van der Waals surface area contributed by atoms with Crippen LogP contribution in [0.15, 0.2) is 35.3 Å². The van der Waals surface area contributed by atoms with E-state index in [2.05, 4.69) is 32.1 Å². The Morgan fingerprint density at radius 1 is 1.18 bits per heavy atom. The molecule has 0 unspecified atom stereocenters. The van der Waals surface area contributed by atoms with Crippen molar-refractivity contribution in [3.05, 3.63) is 35.9 Å². The molecule has 0 amide bonds. The van der Waals surface area contributed by atoms with Crippen LogP contribution < -0.4 is 10.0 Å². The van der Waals surface area contributed by atoms with Crippen molar-refractivity contribution in [2.45, 2.75) is 19.4 Å². The van der Waals surface area contributed by atoms with E-state index in [1.165, 1.54) is 12.8 Å². The van der Waals surface area contributed by atoms with Crippen LogP contribution in [0.4, 0.5) is 0 Å². The fraction of sp³-hybridized carbons (Fsp3) is 0.533. The Morgan fingerprint density at radius 3 is 2.50 bits per heavy atom. The molecular formula is C15H24N4O2S. The van der Waals surface area contributed by atoms with Gasteiger partial charge in [-0.1, -0.05) is 30.3 Å². The largest absolute Gasteiger partial charge is 0.355 e. The van der Waals surface area contributed by atoms with E-state index >= 15 is 0 Å². The first-order valence-corrected chi connectivity index (χ1v) is 9.45. The highest BCUT2D eigenvalue weighted by molar-refractivity contribution is 7.88. The molecule has 2 N–H and O–H groups in total. The van der Waals surface area contributed by atoms with Crippen molar-refractivity contribution >= 4 is 16.0 Å². The number of likely N-dealkylation sites (tertiary alicyclic amines) is 1. The molecule has 7 heteroatoms. The summed E-state index contributed by atoms with van der Waals surface area (Å²) in [6, 6.07) is 10.1. The number of guanidine groups is 1. The molecule has 22 heavy (non-hydrogen) atoms. The lowest BCUT2D eigenvalue weighted by Crippen LogP contribution is -2.43. The zero-order chi connectivity index (χ0) is 15.8. The minimum absolute atomic E-state index is 0.358. The van der Waals surface area contributed by atoms with Crippen LogP contribution in [0.1, 0.15) is 18.4 Å². The fourth-order valence-electron chi connectivity index (χ4n) is 2.36. The van der Waals surface area contributed by atoms with E-state index in [-0.39, 0.29) is 0 Å². The van der Waals surface area contributed by atoms with Gasteiger partial charge in [0.25, 0.3) is 0 Å². The van der Waals surface area contributed by atoms with Gasteiger partial charge in [-0.05, 0) is 18.4 Å². The predicted octanol–water partition coefficient (Wildman–Crippen LogP) is 0.777. The first-order valence-electron chi connectivity index (χ1n) is 7.56. The van der Waals surface area contributed by atoms with Crippen LogP contribution in [0.2, 0.25) is 0 Å². The summed E-state index contributed by atoms with van der Waals surface area (Å²) in [5, 5.41) is 3.25. The van der Waals surface area contributed by atoms with Crippen LogP contribution in [-0.4, -0.2) is 51.7 Å². The average molecular weight is 324 g/mol. The number of sulfonamides is 1. The fourth-order valence-corrected chi connectivity index (χ4v) is 2.83. The minimum atomic E-state index is -3.14. The maximum absolute atomic E-state index is 11.1. The summed E-state index contributed by atoms with van der Waals surface area (Å²) in [5.41, 5.74) is 1.16. The predicted molar refractivity (Wildman–Crippen MR) is 89.2 cm³/mol. The molecule has 1 heterocycles. The third-order valence-electron chi connectivity index (χ3n) is 3.43. The van der Waals surface area contributed by atoms with Crippen LogP contribution in [0.25, 0.3) is 0 Å². The number of benzene rings is 1. The Labute approximate surface area is 132 Å². The van der Waals surface area contributed by atoms with Gasteiger partial charge in [0, 0.05) is 26.2 Å². The maximum atomic E-state index is 11.1. The number of nitrogens with zero attached hydrogens (tertiary/aromatic N) is 2. The molecule has 0 aromatic heterocycles. The van der Waals surface area contributed by atoms with Gasteiger partial charge in [-0.25, -0.2) is 18.1 Å². The molecule has 0 atom stereocenters. The number of rotatable bonds is 6. The maximum Gasteiger partial charge on any atom is 0.208 e. The zero-order valence-electron chi connectivity index (χ0n) is 13.0. The normalized spacial score (nSPS) is 16.0. The summed E-state index contributed by atoms with van der Waals surface area (Å²) in [5.74, 6) is 0.858. The first kappa shape index (κ1) is 16.8. The van der Waals surface area contributed by atoms with Crippen molar-refractivity contribution in [3.8, 4) is 0 Å². The van der Waals surface area contributed by atoms with E-state index in [9.17, 15) is 8.42 Å². The highest BCUT2D eigenvalue weighted by Gasteiger charge is 2.15. The third kappa shape index (κ3) is 6.03. The van der Waals surface area contributed by atoms with Crippen molar-refractivity contribution in [1.29, 1.82) is 0 Å². The van der Waals surface area contributed by atoms with E-state index in [0.717, 1.165) is 30.9 Å². The van der Waals surface area contributed by atoms with Gasteiger partial charge in [0.15, 0.2) is 5.96 Å². The number of aliphatic imine (C=N–C) groups is 1. The summed E-state index contributed by atoms with van der Waals surface area (Å²) in [6.07, 6.45) is 3.51. The van der Waals surface area contributed by atoms with E-state index in [1.54, 1.807) is 0 Å². The van der Waals surface area contributed by atoms with Crippen molar-refractivity contribution in [1.82, 2.24) is 14.9 Å². The second-order valence-corrected chi connectivity index (χ2v) is 7.25. The lowest BCUT2D eigenvalue weighted by Gasteiger charge is -2.21. The first-order chi connectivity index (χ1) is 10.5. The molecule has 0 aliphatic carbocycles. The van der Waals surface area contributed by atoms with Crippen LogP contribution in [0.3, 0.4) is 0 Å². The molecule has 0 spiro atoms. The minimum Gasteiger partial charge on any atom is -0.355 e. The second kappa shape index (κ2) is 8.14. The molecule has 2 rings (SSSR count). The van der Waals surface area contributed by atoms with E-state index in [1.807, 2.05) is 18.2 Å². The lowest BCUT2D eigenvalue weighted by molar-refractivity contribution is 0.491. The molecule has 1 fully saturated rings. The molecule has 1 aliphatic rings. The quantitative estimate of drug-likeness (QED) is 0.461. The summed E-state index contributed by atoms with van der Waals surface area (Å²) in [6.45, 7) is 3.51. The van der Waals surface area contributed by atoms with Crippen molar-refractivity contribution in [2.24, 2.45) is 4.99 Å². The Bertz CT molecular complexity index is 581. The van der Waals surface area contributed by atoms with Crippen LogP contribution in [-0.2, 0) is 16.6 Å². The van der Waals surface area contributed by atoms with Gasteiger partial charge in [0.05, 0.1) is 12.8 Å². The highest BCUT2D eigenvalue weighted by Crippen LogP contribution is 2.08. The SMILES string of the molecule is CS(=O)(=O)NCCNC(=NCc1ccccc1)N1CCCC1. The molecule has 0 bridgehead atoms. The lowest BCUT2D eigenvalue weighted by atomic mass is 10.2. The Kier molecular flexibility index (Phi) is 6.21. The van der Waals surface area contributed by atoms with Crippen molar-refractivity contribution < 1.29 is 8.42 Å². The van der Waals surface area contributed by atoms with Gasteiger partial charge in [0.1, 0.15) is 0 Å². The molecule has 1 aromatic rings. The van der Waals surface area contributed by atoms with Gasteiger partial charge in [-0.2, -0.15) is 0 Å². The molecule has 0 radical (unpaired) electrons. The summed E-state index contributed by atoms with van der Waals surface area (Å²) in [7, 11) is -3.14. The molecule has 122 valence electrons. The van der Waals surface area contributed by atoms with E-state index in [0.29, 0.717) is 19.6 Å². The molecule has 0 saturated carbocycles. The van der Waals surface area contributed by atoms with Gasteiger partial charge in [-0.15, -0.1) is 0 Å². The van der Waals surface area contributed by atoms with Gasteiger partial charge < -0.3 is 10.2 Å². The molecule has 1 saturated heterocycles. The number of hydrogen-bond acceptors (Lipinski definition) is 3. The van der Waals surface area contributed by atoms with Gasteiger partial charge in [-0.3, -0.25) is 0 Å². The molecule has 1 aromatic carbocycles. The average Bonchev–Trinajstić information content (AvgIpc) is 3.00. The smallest absolute Gasteiger partial charge is 0.208 e. The summed E-state index contributed by atoms with van der Waals surface area (Å²) >= 11 is 0. The summed E-state index contributed by atoms with van der Waals surface area (Å²) in [4.78, 5) is 6.89. The summed E-state index contributed by atoms with van der Waals surface area (Å²) < 4.78 is 24.6. The molecule has 6 nitrogen and oxygen atoms in total. The van der Waals surface area contributed by atoms with Crippen LogP contribution in [0, 0.1) is 0 Å². The number of hydrogen-bond donors (Lipinski definition) is 2. The van der Waals surface area contributed by atoms with Crippen molar-refractivity contribution in [3.63, 3.8) is 0 Å². The van der Waals surface area contributed by atoms with Crippen LogP contribution >= 0.6 is 0 Å². The van der Waals surface area contributed by atoms with Crippen molar-refractivity contribution in [2.75, 3.05) is 32.4 Å². The van der Waals surface area contributed by atoms with Crippen LogP contribution in [0.5, 0.6) is 0 Å². The Morgan fingerprint density at radius 2 is 1.86 bits per heavy atom.